The van der Waals surface area contributed by atoms with Crippen molar-refractivity contribution in [1.29, 1.82) is 0 Å². The monoisotopic (exact) mass is 300 g/mol. The second-order valence-corrected chi connectivity index (χ2v) is 7.40. The maximum Gasteiger partial charge on any atom is 0.244 e. The number of fused-ring (bicyclic) bond motifs is 1. The number of carbonyl (C=O) groups excluding carboxylic acids is 2. The molecule has 0 aromatic carbocycles. The highest BCUT2D eigenvalue weighted by molar-refractivity contribution is 8.01. The molecule has 20 heavy (non-hydrogen) atoms. The summed E-state index contributed by atoms with van der Waals surface area (Å²) in [6.45, 7) is 5.87. The highest BCUT2D eigenvalue weighted by Gasteiger charge is 2.53. The van der Waals surface area contributed by atoms with Crippen molar-refractivity contribution < 1.29 is 14.7 Å². The minimum atomic E-state index is -0.566. The lowest BCUT2D eigenvalue weighted by Crippen LogP contribution is -2.57. The van der Waals surface area contributed by atoms with Crippen LogP contribution in [0, 0.1) is 0 Å². The van der Waals surface area contributed by atoms with Crippen LogP contribution < -0.4 is 5.32 Å². The molecule has 0 aliphatic carbocycles. The van der Waals surface area contributed by atoms with E-state index in [1.54, 1.807) is 16.7 Å². The first-order valence-electron chi connectivity index (χ1n) is 7.30. The van der Waals surface area contributed by atoms with Crippen molar-refractivity contribution >= 4 is 23.6 Å². The smallest absolute Gasteiger partial charge is 0.244 e. The van der Waals surface area contributed by atoms with Gasteiger partial charge in [0.15, 0.2) is 0 Å². The van der Waals surface area contributed by atoms with Crippen LogP contribution in [0.4, 0.5) is 0 Å². The van der Waals surface area contributed by atoms with Gasteiger partial charge in [0.2, 0.25) is 11.8 Å². The number of thioether (sulfide) groups is 1. The van der Waals surface area contributed by atoms with Gasteiger partial charge in [-0.25, -0.2) is 0 Å². The molecule has 114 valence electrons. The van der Waals surface area contributed by atoms with Crippen LogP contribution in [0.25, 0.3) is 0 Å². The van der Waals surface area contributed by atoms with E-state index < -0.39 is 11.6 Å². The molecular weight excluding hydrogens is 276 g/mol. The van der Waals surface area contributed by atoms with Crippen molar-refractivity contribution in [1.82, 2.24) is 10.2 Å². The third-order valence-corrected chi connectivity index (χ3v) is 6.30. The Bertz CT molecular complexity index is 403. The fourth-order valence-electron chi connectivity index (χ4n) is 3.05. The maximum atomic E-state index is 12.5. The summed E-state index contributed by atoms with van der Waals surface area (Å²) < 4.78 is 0. The number of nitrogens with one attached hydrogen (secondary N) is 1. The molecule has 2 saturated heterocycles. The summed E-state index contributed by atoms with van der Waals surface area (Å²) in [5.41, 5.74) is -0.566. The van der Waals surface area contributed by atoms with Crippen LogP contribution in [0.1, 0.15) is 46.5 Å². The van der Waals surface area contributed by atoms with E-state index in [2.05, 4.69) is 5.32 Å². The Morgan fingerprint density at radius 3 is 2.75 bits per heavy atom. The number of nitrogens with zero attached hydrogens (tertiary/aromatic N) is 1. The number of hydrogen-bond donors (Lipinski definition) is 2. The van der Waals surface area contributed by atoms with Gasteiger partial charge in [-0.15, -0.1) is 11.8 Å². The number of hydrogen-bond acceptors (Lipinski definition) is 4. The SMILES string of the molecule is CCC(CC)(CO)NC(=O)C1CSC2(C)CCC(=O)N12. The van der Waals surface area contributed by atoms with Gasteiger partial charge in [-0.05, 0) is 26.2 Å². The largest absolute Gasteiger partial charge is 0.394 e. The van der Waals surface area contributed by atoms with Gasteiger partial charge >= 0.3 is 0 Å². The van der Waals surface area contributed by atoms with E-state index in [-0.39, 0.29) is 23.3 Å². The van der Waals surface area contributed by atoms with Gasteiger partial charge in [-0.2, -0.15) is 0 Å². The van der Waals surface area contributed by atoms with Gasteiger partial charge in [0, 0.05) is 12.2 Å². The van der Waals surface area contributed by atoms with E-state index in [9.17, 15) is 14.7 Å². The van der Waals surface area contributed by atoms with Crippen LogP contribution in [0.2, 0.25) is 0 Å². The summed E-state index contributed by atoms with van der Waals surface area (Å²) in [7, 11) is 0. The maximum absolute atomic E-state index is 12.5. The Morgan fingerprint density at radius 2 is 2.20 bits per heavy atom. The molecule has 2 atom stereocenters. The Morgan fingerprint density at radius 1 is 1.55 bits per heavy atom. The van der Waals surface area contributed by atoms with E-state index in [1.807, 2.05) is 20.8 Å². The average Bonchev–Trinajstić information content (AvgIpc) is 2.93. The van der Waals surface area contributed by atoms with Gasteiger partial charge < -0.3 is 15.3 Å². The normalized spacial score (nSPS) is 29.7. The summed E-state index contributed by atoms with van der Waals surface area (Å²) in [5.74, 6) is 0.581. The zero-order valence-electron chi connectivity index (χ0n) is 12.4. The van der Waals surface area contributed by atoms with Crippen molar-refractivity contribution in [3.8, 4) is 0 Å². The number of carbonyl (C=O) groups is 2. The number of amides is 2. The average molecular weight is 300 g/mol. The van der Waals surface area contributed by atoms with Crippen molar-refractivity contribution in [2.24, 2.45) is 0 Å². The minimum absolute atomic E-state index is 0.0697. The molecule has 2 aliphatic rings. The van der Waals surface area contributed by atoms with Crippen molar-refractivity contribution in [2.75, 3.05) is 12.4 Å². The molecule has 0 aromatic rings. The lowest BCUT2D eigenvalue weighted by atomic mass is 9.93. The van der Waals surface area contributed by atoms with E-state index in [1.165, 1.54) is 0 Å². The Hall–Kier alpha value is -0.750. The fourth-order valence-corrected chi connectivity index (χ4v) is 4.48. The second-order valence-electron chi connectivity index (χ2n) is 5.90. The fraction of sp³-hybridized carbons (Fsp3) is 0.857. The molecule has 0 saturated carbocycles. The first-order chi connectivity index (χ1) is 9.41. The molecular formula is C14H24N2O3S. The van der Waals surface area contributed by atoms with Gasteiger partial charge in [0.05, 0.1) is 17.0 Å². The number of aliphatic hydroxyl groups excluding tert-OH is 1. The Labute approximate surface area is 124 Å². The van der Waals surface area contributed by atoms with Crippen LogP contribution in [0.15, 0.2) is 0 Å². The van der Waals surface area contributed by atoms with Crippen LogP contribution in [0.5, 0.6) is 0 Å². The van der Waals surface area contributed by atoms with Crippen LogP contribution >= 0.6 is 11.8 Å². The van der Waals surface area contributed by atoms with E-state index in [4.69, 9.17) is 0 Å². The van der Waals surface area contributed by atoms with Crippen molar-refractivity contribution in [3.63, 3.8) is 0 Å². The second kappa shape index (κ2) is 5.56. The van der Waals surface area contributed by atoms with Gasteiger partial charge in [0.1, 0.15) is 6.04 Å². The highest BCUT2D eigenvalue weighted by atomic mass is 32.2. The highest BCUT2D eigenvalue weighted by Crippen LogP contribution is 2.47. The molecule has 2 rings (SSSR count). The third-order valence-electron chi connectivity index (χ3n) is 4.79. The first kappa shape index (κ1) is 15.6. The lowest BCUT2D eigenvalue weighted by molar-refractivity contribution is -0.139. The zero-order valence-corrected chi connectivity index (χ0v) is 13.3. The van der Waals surface area contributed by atoms with E-state index >= 15 is 0 Å². The molecule has 2 heterocycles. The predicted molar refractivity (Wildman–Crippen MR) is 79.3 cm³/mol. The molecule has 2 amide bonds. The summed E-state index contributed by atoms with van der Waals surface area (Å²) >= 11 is 1.69. The molecule has 0 bridgehead atoms. The van der Waals surface area contributed by atoms with Crippen LogP contribution in [-0.2, 0) is 9.59 Å². The van der Waals surface area contributed by atoms with Gasteiger partial charge in [-0.1, -0.05) is 13.8 Å². The molecule has 0 aromatic heterocycles. The minimum Gasteiger partial charge on any atom is -0.394 e. The topological polar surface area (TPSA) is 69.6 Å². The van der Waals surface area contributed by atoms with Crippen molar-refractivity contribution in [3.05, 3.63) is 0 Å². The standard InChI is InChI=1S/C14H24N2O3S/c1-4-14(5-2,9-17)15-12(19)10-8-20-13(3)7-6-11(18)16(10)13/h10,17H,4-9H2,1-3H3,(H,15,19). The lowest BCUT2D eigenvalue weighted by Gasteiger charge is -2.35. The molecule has 5 nitrogen and oxygen atoms in total. The number of aliphatic hydroxyl groups is 1. The zero-order chi connectivity index (χ0) is 15.0. The molecule has 2 aliphatic heterocycles. The third kappa shape index (κ3) is 2.44. The summed E-state index contributed by atoms with van der Waals surface area (Å²) in [5, 5.41) is 12.5. The molecule has 0 radical (unpaired) electrons. The molecule has 2 N–H and O–H groups in total. The van der Waals surface area contributed by atoms with Crippen molar-refractivity contribution in [2.45, 2.75) is 62.9 Å². The predicted octanol–water partition coefficient (Wildman–Crippen LogP) is 1.11. The Balaban J connectivity index is 2.12. The van der Waals surface area contributed by atoms with E-state index in [0.29, 0.717) is 25.0 Å². The summed E-state index contributed by atoms with van der Waals surface area (Å²) in [4.78, 5) is 26.1. The summed E-state index contributed by atoms with van der Waals surface area (Å²) in [6, 6.07) is -0.399. The molecule has 2 fully saturated rings. The quantitative estimate of drug-likeness (QED) is 0.798. The van der Waals surface area contributed by atoms with E-state index in [0.717, 1.165) is 6.42 Å². The number of rotatable bonds is 5. The Kier molecular flexibility index (Phi) is 4.35. The molecule has 2 unspecified atom stereocenters. The van der Waals surface area contributed by atoms with Gasteiger partial charge in [0.25, 0.3) is 0 Å². The first-order valence-corrected chi connectivity index (χ1v) is 8.29. The molecule has 6 heteroatoms. The summed E-state index contributed by atoms with van der Waals surface area (Å²) in [6.07, 6.45) is 2.70. The van der Waals surface area contributed by atoms with Crippen LogP contribution in [-0.4, -0.2) is 50.6 Å². The molecule has 0 spiro atoms. The van der Waals surface area contributed by atoms with Gasteiger partial charge in [-0.3, -0.25) is 9.59 Å². The van der Waals surface area contributed by atoms with Crippen LogP contribution in [0.3, 0.4) is 0 Å².